The average molecular weight is 282 g/mol. The molecule has 1 saturated heterocycles. The number of hydrogen-bond acceptors (Lipinski definition) is 2. The van der Waals surface area contributed by atoms with Crippen LogP contribution in [0.15, 0.2) is 24.3 Å². The molecule has 0 atom stereocenters. The molecule has 106 valence electrons. The van der Waals surface area contributed by atoms with Crippen LogP contribution in [0.25, 0.3) is 0 Å². The van der Waals surface area contributed by atoms with E-state index in [0.29, 0.717) is 11.5 Å². The summed E-state index contributed by atoms with van der Waals surface area (Å²) in [6, 6.07) is 8.80. The Morgan fingerprint density at radius 2 is 1.84 bits per heavy atom. The summed E-state index contributed by atoms with van der Waals surface area (Å²) in [5.41, 5.74) is 1.70. The second-order valence-electron chi connectivity index (χ2n) is 5.95. The van der Waals surface area contributed by atoms with Gasteiger partial charge in [-0.3, -0.25) is 0 Å². The molecule has 3 heteroatoms. The zero-order valence-corrected chi connectivity index (χ0v) is 12.7. The molecule has 0 aromatic heterocycles. The van der Waals surface area contributed by atoms with Crippen molar-refractivity contribution in [1.29, 1.82) is 0 Å². The highest BCUT2D eigenvalue weighted by molar-refractivity contribution is 6.30. The molecule has 0 spiro atoms. The Bertz CT molecular complexity index is 382. The van der Waals surface area contributed by atoms with Crippen LogP contribution >= 0.6 is 11.6 Å². The summed E-state index contributed by atoms with van der Waals surface area (Å²) in [4.78, 5) is 0. The highest BCUT2D eigenvalue weighted by Gasteiger charge is 2.32. The molecule has 0 bridgehead atoms. The minimum atomic E-state index is 0.330. The molecule has 0 saturated carbocycles. The van der Waals surface area contributed by atoms with Gasteiger partial charge in [0.15, 0.2) is 0 Å². The first-order chi connectivity index (χ1) is 9.10. The topological polar surface area (TPSA) is 21.3 Å². The van der Waals surface area contributed by atoms with Crippen molar-refractivity contribution in [3.63, 3.8) is 0 Å². The maximum Gasteiger partial charge on any atom is 0.0471 e. The third-order valence-electron chi connectivity index (χ3n) is 3.93. The maximum atomic E-state index is 5.96. The van der Waals surface area contributed by atoms with Gasteiger partial charge in [-0.05, 0) is 42.4 Å². The van der Waals surface area contributed by atoms with Gasteiger partial charge >= 0.3 is 0 Å². The van der Waals surface area contributed by atoms with Crippen molar-refractivity contribution >= 4 is 11.6 Å². The van der Waals surface area contributed by atoms with Gasteiger partial charge in [0, 0.05) is 30.8 Å². The van der Waals surface area contributed by atoms with E-state index in [-0.39, 0.29) is 0 Å². The predicted octanol–water partition coefficient (Wildman–Crippen LogP) is 3.68. The van der Waals surface area contributed by atoms with E-state index in [1.54, 1.807) is 0 Å². The molecular weight excluding hydrogens is 258 g/mol. The van der Waals surface area contributed by atoms with Crippen LogP contribution in [0.4, 0.5) is 0 Å². The molecule has 2 nitrogen and oxygen atoms in total. The smallest absolute Gasteiger partial charge is 0.0471 e. The number of halogens is 1. The van der Waals surface area contributed by atoms with Crippen LogP contribution in [-0.4, -0.2) is 25.8 Å². The van der Waals surface area contributed by atoms with Gasteiger partial charge in [-0.2, -0.15) is 0 Å². The number of benzene rings is 1. The number of rotatable bonds is 5. The summed E-state index contributed by atoms with van der Waals surface area (Å²) < 4.78 is 5.54. The van der Waals surface area contributed by atoms with E-state index < -0.39 is 0 Å². The van der Waals surface area contributed by atoms with E-state index in [1.807, 2.05) is 12.1 Å². The molecule has 1 aromatic rings. The summed E-state index contributed by atoms with van der Waals surface area (Å²) in [5.74, 6) is 0. The summed E-state index contributed by atoms with van der Waals surface area (Å²) in [7, 11) is 0. The van der Waals surface area contributed by atoms with Gasteiger partial charge < -0.3 is 10.1 Å². The van der Waals surface area contributed by atoms with E-state index in [0.717, 1.165) is 44.0 Å². The van der Waals surface area contributed by atoms with Crippen molar-refractivity contribution in [1.82, 2.24) is 5.32 Å². The van der Waals surface area contributed by atoms with Gasteiger partial charge in [0.1, 0.15) is 0 Å². The van der Waals surface area contributed by atoms with Crippen molar-refractivity contribution in [2.24, 2.45) is 5.41 Å². The SMILES string of the molecule is CC(C)NCC1(Cc2ccc(Cl)cc2)CCOCC1. The van der Waals surface area contributed by atoms with Gasteiger partial charge in [-0.1, -0.05) is 37.6 Å². The molecule has 1 N–H and O–H groups in total. The largest absolute Gasteiger partial charge is 0.381 e. The monoisotopic (exact) mass is 281 g/mol. The molecule has 0 amide bonds. The molecule has 0 unspecified atom stereocenters. The molecule has 1 heterocycles. The van der Waals surface area contributed by atoms with Gasteiger partial charge in [-0.15, -0.1) is 0 Å². The predicted molar refractivity (Wildman–Crippen MR) is 80.8 cm³/mol. The lowest BCUT2D eigenvalue weighted by molar-refractivity contribution is 0.0141. The molecule has 19 heavy (non-hydrogen) atoms. The first-order valence-corrected chi connectivity index (χ1v) is 7.53. The number of nitrogens with one attached hydrogen (secondary N) is 1. The van der Waals surface area contributed by atoms with Crippen LogP contribution in [0.1, 0.15) is 32.3 Å². The zero-order valence-electron chi connectivity index (χ0n) is 11.9. The van der Waals surface area contributed by atoms with Crippen LogP contribution in [0.2, 0.25) is 5.02 Å². The average Bonchev–Trinajstić information content (AvgIpc) is 2.41. The second kappa shape index (κ2) is 6.74. The lowest BCUT2D eigenvalue weighted by Crippen LogP contribution is -2.42. The number of hydrogen-bond donors (Lipinski definition) is 1. The summed E-state index contributed by atoms with van der Waals surface area (Å²) >= 11 is 5.96. The summed E-state index contributed by atoms with van der Waals surface area (Å²) in [6.07, 6.45) is 3.37. The normalized spacial score (nSPS) is 18.7. The van der Waals surface area contributed by atoms with Crippen molar-refractivity contribution in [2.75, 3.05) is 19.8 Å². The first kappa shape index (κ1) is 14.8. The van der Waals surface area contributed by atoms with Gasteiger partial charge in [0.05, 0.1) is 0 Å². The van der Waals surface area contributed by atoms with Crippen LogP contribution in [-0.2, 0) is 11.2 Å². The van der Waals surface area contributed by atoms with E-state index in [2.05, 4.69) is 31.3 Å². The molecule has 0 radical (unpaired) electrons. The van der Waals surface area contributed by atoms with Gasteiger partial charge in [0.25, 0.3) is 0 Å². The Morgan fingerprint density at radius 1 is 1.21 bits per heavy atom. The van der Waals surface area contributed by atoms with Gasteiger partial charge in [0.2, 0.25) is 0 Å². The second-order valence-corrected chi connectivity index (χ2v) is 6.39. The molecular formula is C16H24ClNO. The zero-order chi connectivity index (χ0) is 13.7. The van der Waals surface area contributed by atoms with Crippen molar-refractivity contribution < 1.29 is 4.74 Å². The Balaban J connectivity index is 2.06. The van der Waals surface area contributed by atoms with E-state index in [9.17, 15) is 0 Å². The highest BCUT2D eigenvalue weighted by Crippen LogP contribution is 2.34. The standard InChI is InChI=1S/C16H24ClNO/c1-13(2)18-12-16(7-9-19-10-8-16)11-14-3-5-15(17)6-4-14/h3-6,13,18H,7-12H2,1-2H3. The van der Waals surface area contributed by atoms with Crippen molar-refractivity contribution in [3.8, 4) is 0 Å². The van der Waals surface area contributed by atoms with Crippen LogP contribution in [0.5, 0.6) is 0 Å². The lowest BCUT2D eigenvalue weighted by atomic mass is 9.75. The Kier molecular flexibility index (Phi) is 5.26. The minimum Gasteiger partial charge on any atom is -0.381 e. The van der Waals surface area contributed by atoms with Crippen molar-refractivity contribution in [3.05, 3.63) is 34.9 Å². The fraction of sp³-hybridized carbons (Fsp3) is 0.625. The quantitative estimate of drug-likeness (QED) is 0.889. The maximum absolute atomic E-state index is 5.96. The minimum absolute atomic E-state index is 0.330. The third kappa shape index (κ3) is 4.48. The Morgan fingerprint density at radius 3 is 2.42 bits per heavy atom. The Hall–Kier alpha value is -0.570. The van der Waals surface area contributed by atoms with E-state index in [1.165, 1.54) is 5.56 Å². The fourth-order valence-electron chi connectivity index (χ4n) is 2.68. The van der Waals surface area contributed by atoms with Crippen molar-refractivity contribution in [2.45, 2.75) is 39.2 Å². The third-order valence-corrected chi connectivity index (χ3v) is 4.18. The molecule has 1 aromatic carbocycles. The molecule has 2 rings (SSSR count). The van der Waals surface area contributed by atoms with E-state index in [4.69, 9.17) is 16.3 Å². The lowest BCUT2D eigenvalue weighted by Gasteiger charge is -2.38. The molecule has 0 aliphatic carbocycles. The van der Waals surface area contributed by atoms with Crippen LogP contribution < -0.4 is 5.32 Å². The highest BCUT2D eigenvalue weighted by atomic mass is 35.5. The number of ether oxygens (including phenoxy) is 1. The molecule has 1 fully saturated rings. The van der Waals surface area contributed by atoms with E-state index >= 15 is 0 Å². The summed E-state index contributed by atoms with van der Waals surface area (Å²) in [5, 5.41) is 4.42. The first-order valence-electron chi connectivity index (χ1n) is 7.15. The Labute approximate surface area is 121 Å². The van der Waals surface area contributed by atoms with Crippen LogP contribution in [0, 0.1) is 5.41 Å². The van der Waals surface area contributed by atoms with Gasteiger partial charge in [-0.25, -0.2) is 0 Å². The fourth-order valence-corrected chi connectivity index (χ4v) is 2.80. The van der Waals surface area contributed by atoms with Crippen LogP contribution in [0.3, 0.4) is 0 Å². The molecule has 1 aliphatic rings. The molecule has 1 aliphatic heterocycles. The summed E-state index contributed by atoms with van der Waals surface area (Å²) in [6.45, 7) is 7.24.